The van der Waals surface area contributed by atoms with E-state index in [1.165, 1.54) is 48.2 Å². The Kier molecular flexibility index (Phi) is 6.19. The largest absolute Gasteiger partial charge is 0.481 e. The normalized spacial score (nSPS) is 14.4. The Morgan fingerprint density at radius 1 is 1.27 bits per heavy atom. The standard InChI is InChI=1S/C22H16FN5O4S/c1-2-11-33-22-26-25-21-17(8-10-19(29)30)24-20(14-5-3-4-6-16(14)23)15-12-13(28(31)32)7-9-18(15)27(21)22/h1,3-7,9,12,17H,8,10-11H2,(H,29,30)/t17-/m0/s1. The van der Waals surface area contributed by atoms with Gasteiger partial charge in [0.15, 0.2) is 11.0 Å². The molecule has 1 aromatic heterocycles. The monoisotopic (exact) mass is 465 g/mol. The lowest BCUT2D eigenvalue weighted by molar-refractivity contribution is -0.384. The Hall–Kier alpha value is -4.04. The number of aliphatic carboxylic acids is 1. The maximum atomic E-state index is 14.8. The number of terminal acetylenes is 1. The number of halogens is 1. The van der Waals surface area contributed by atoms with Crippen LogP contribution in [0.25, 0.3) is 5.69 Å². The summed E-state index contributed by atoms with van der Waals surface area (Å²) in [4.78, 5) is 26.9. The van der Waals surface area contributed by atoms with Gasteiger partial charge in [0.05, 0.1) is 22.1 Å². The van der Waals surface area contributed by atoms with Gasteiger partial charge in [0.25, 0.3) is 5.69 Å². The van der Waals surface area contributed by atoms with Crippen LogP contribution < -0.4 is 0 Å². The third-order valence-corrected chi connectivity index (χ3v) is 5.81. The minimum absolute atomic E-state index is 0.0707. The van der Waals surface area contributed by atoms with E-state index in [0.717, 1.165) is 0 Å². The number of carboxylic acid groups (broad SMARTS) is 1. The number of benzene rings is 2. The zero-order valence-corrected chi connectivity index (χ0v) is 17.8. The van der Waals surface area contributed by atoms with E-state index in [1.54, 1.807) is 10.6 Å². The summed E-state index contributed by atoms with van der Waals surface area (Å²) >= 11 is 1.23. The summed E-state index contributed by atoms with van der Waals surface area (Å²) in [7, 11) is 0. The van der Waals surface area contributed by atoms with Crippen molar-refractivity contribution in [1.82, 2.24) is 14.8 Å². The summed E-state index contributed by atoms with van der Waals surface area (Å²) in [5, 5.41) is 29.6. The molecule has 0 aliphatic carbocycles. The van der Waals surface area contributed by atoms with Crippen LogP contribution in [0.5, 0.6) is 0 Å². The molecular formula is C22H16FN5O4S. The lowest BCUT2D eigenvalue weighted by Gasteiger charge is -2.13. The number of nitrogens with zero attached hydrogens (tertiary/aromatic N) is 5. The van der Waals surface area contributed by atoms with Gasteiger partial charge in [0.1, 0.15) is 11.9 Å². The molecular weight excluding hydrogens is 449 g/mol. The van der Waals surface area contributed by atoms with Crippen molar-refractivity contribution < 1.29 is 19.2 Å². The van der Waals surface area contributed by atoms with Crippen LogP contribution in [0, 0.1) is 28.3 Å². The number of thioether (sulfide) groups is 1. The first-order valence-electron chi connectivity index (χ1n) is 9.76. The molecule has 0 amide bonds. The number of hydrogen-bond acceptors (Lipinski definition) is 7. The Morgan fingerprint density at radius 2 is 2.06 bits per heavy atom. The number of nitro groups is 1. The van der Waals surface area contributed by atoms with Gasteiger partial charge in [-0.2, -0.15) is 0 Å². The molecule has 4 rings (SSSR count). The van der Waals surface area contributed by atoms with E-state index in [9.17, 15) is 24.4 Å². The van der Waals surface area contributed by atoms with Gasteiger partial charge in [-0.3, -0.25) is 24.5 Å². The Morgan fingerprint density at radius 3 is 2.76 bits per heavy atom. The average Bonchev–Trinajstić information content (AvgIpc) is 3.15. The highest BCUT2D eigenvalue weighted by Crippen LogP contribution is 2.37. The Bertz CT molecular complexity index is 1330. The molecule has 0 bridgehead atoms. The highest BCUT2D eigenvalue weighted by atomic mass is 32.2. The van der Waals surface area contributed by atoms with E-state index < -0.39 is 22.8 Å². The second-order valence-electron chi connectivity index (χ2n) is 7.03. The number of hydrogen-bond donors (Lipinski definition) is 1. The Labute approximate surface area is 191 Å². The van der Waals surface area contributed by atoms with Gasteiger partial charge in [0, 0.05) is 29.7 Å². The number of carboxylic acids is 1. The molecule has 3 aromatic rings. The number of aromatic nitrogens is 3. The average molecular weight is 465 g/mol. The van der Waals surface area contributed by atoms with Crippen LogP contribution in [0.4, 0.5) is 10.1 Å². The molecule has 9 nitrogen and oxygen atoms in total. The van der Waals surface area contributed by atoms with Gasteiger partial charge in [0.2, 0.25) is 0 Å². The van der Waals surface area contributed by atoms with E-state index in [2.05, 4.69) is 21.1 Å². The van der Waals surface area contributed by atoms with Gasteiger partial charge in [-0.15, -0.1) is 16.6 Å². The molecule has 1 aliphatic rings. The number of fused-ring (bicyclic) bond motifs is 3. The molecule has 0 fully saturated rings. The molecule has 1 N–H and O–H groups in total. The predicted octanol–water partition coefficient (Wildman–Crippen LogP) is 3.80. The van der Waals surface area contributed by atoms with Crippen LogP contribution in [0.3, 0.4) is 0 Å². The molecule has 0 unspecified atom stereocenters. The summed E-state index contributed by atoms with van der Waals surface area (Å²) in [5.74, 6) is 1.55. The zero-order chi connectivity index (χ0) is 23.5. The molecule has 1 atom stereocenters. The fourth-order valence-electron chi connectivity index (χ4n) is 3.55. The minimum Gasteiger partial charge on any atom is -0.481 e. The third-order valence-electron chi connectivity index (χ3n) is 4.97. The highest BCUT2D eigenvalue weighted by molar-refractivity contribution is 7.99. The first-order chi connectivity index (χ1) is 15.9. The van der Waals surface area contributed by atoms with Crippen molar-refractivity contribution in [3.8, 4) is 18.0 Å². The van der Waals surface area contributed by atoms with Crippen molar-refractivity contribution in [3.05, 3.63) is 75.3 Å². The summed E-state index contributed by atoms with van der Waals surface area (Å²) in [5.41, 5.74) is 0.863. The molecule has 1 aliphatic heterocycles. The quantitative estimate of drug-likeness (QED) is 0.244. The second kappa shape index (κ2) is 9.22. The van der Waals surface area contributed by atoms with E-state index in [0.29, 0.717) is 28.0 Å². The number of nitro benzene ring substituents is 1. The molecule has 0 spiro atoms. The van der Waals surface area contributed by atoms with Crippen LogP contribution in [0.1, 0.15) is 35.8 Å². The first-order valence-corrected chi connectivity index (χ1v) is 10.7. The molecule has 11 heteroatoms. The van der Waals surface area contributed by atoms with Crippen molar-refractivity contribution in [2.75, 3.05) is 5.75 Å². The summed E-state index contributed by atoms with van der Waals surface area (Å²) in [6.07, 6.45) is 5.25. The molecule has 2 heterocycles. The SMILES string of the molecule is C#CCSc1nnc2n1-c1ccc([N+](=O)[O-])cc1C(c1ccccc1F)=N[C@H]2CCC(=O)O. The number of non-ortho nitro benzene ring substituents is 1. The summed E-state index contributed by atoms with van der Waals surface area (Å²) in [6, 6.07) is 9.32. The molecule has 2 aromatic carbocycles. The fraction of sp³-hybridized carbons (Fsp3) is 0.182. The van der Waals surface area contributed by atoms with Crippen molar-refractivity contribution >= 4 is 29.1 Å². The Balaban J connectivity index is 2.02. The zero-order valence-electron chi connectivity index (χ0n) is 17.0. The molecule has 166 valence electrons. The number of carbonyl (C=O) groups is 1. The van der Waals surface area contributed by atoms with E-state index in [4.69, 9.17) is 6.42 Å². The van der Waals surface area contributed by atoms with Crippen LogP contribution >= 0.6 is 11.8 Å². The van der Waals surface area contributed by atoms with Crippen molar-refractivity contribution in [2.24, 2.45) is 4.99 Å². The van der Waals surface area contributed by atoms with Crippen LogP contribution in [-0.2, 0) is 4.79 Å². The predicted molar refractivity (Wildman–Crippen MR) is 119 cm³/mol. The minimum atomic E-state index is -1.02. The highest BCUT2D eigenvalue weighted by Gasteiger charge is 2.31. The van der Waals surface area contributed by atoms with Crippen molar-refractivity contribution in [3.63, 3.8) is 0 Å². The fourth-order valence-corrected chi connectivity index (χ4v) is 4.18. The third kappa shape index (κ3) is 4.33. The summed E-state index contributed by atoms with van der Waals surface area (Å²) in [6.45, 7) is 0. The van der Waals surface area contributed by atoms with E-state index in [-0.39, 0.29) is 29.8 Å². The maximum Gasteiger partial charge on any atom is 0.303 e. The molecule has 0 radical (unpaired) electrons. The van der Waals surface area contributed by atoms with Crippen LogP contribution in [0.2, 0.25) is 0 Å². The van der Waals surface area contributed by atoms with Gasteiger partial charge in [-0.1, -0.05) is 29.8 Å². The maximum absolute atomic E-state index is 14.8. The van der Waals surface area contributed by atoms with E-state index in [1.807, 2.05) is 0 Å². The van der Waals surface area contributed by atoms with Crippen LogP contribution in [0.15, 0.2) is 52.6 Å². The second-order valence-corrected chi connectivity index (χ2v) is 7.98. The number of aliphatic imine (C=N–C) groups is 1. The topological polar surface area (TPSA) is 124 Å². The summed E-state index contributed by atoms with van der Waals surface area (Å²) < 4.78 is 16.5. The van der Waals surface area contributed by atoms with Crippen LogP contribution in [-0.4, -0.2) is 42.2 Å². The van der Waals surface area contributed by atoms with Gasteiger partial charge < -0.3 is 5.11 Å². The molecule has 33 heavy (non-hydrogen) atoms. The first kappa shape index (κ1) is 22.2. The van der Waals surface area contributed by atoms with Crippen molar-refractivity contribution in [2.45, 2.75) is 24.0 Å². The lowest BCUT2D eigenvalue weighted by atomic mass is 9.99. The smallest absolute Gasteiger partial charge is 0.303 e. The van der Waals surface area contributed by atoms with Gasteiger partial charge in [-0.25, -0.2) is 4.39 Å². The molecule has 0 saturated heterocycles. The van der Waals surface area contributed by atoms with Gasteiger partial charge >= 0.3 is 5.97 Å². The van der Waals surface area contributed by atoms with Crippen molar-refractivity contribution in [1.29, 1.82) is 0 Å². The molecule has 0 saturated carbocycles. The van der Waals surface area contributed by atoms with Gasteiger partial charge in [-0.05, 0) is 24.6 Å². The number of rotatable bonds is 7. The lowest BCUT2D eigenvalue weighted by Crippen LogP contribution is -2.10. The van der Waals surface area contributed by atoms with E-state index >= 15 is 0 Å².